The van der Waals surface area contributed by atoms with Gasteiger partial charge in [0.25, 0.3) is 5.91 Å². The van der Waals surface area contributed by atoms with Crippen molar-refractivity contribution >= 4 is 39.4 Å². The first-order valence-corrected chi connectivity index (χ1v) is 22.0. The minimum Gasteiger partial charge on any atom is -0.396 e. The number of nitrogens with zero attached hydrogens (tertiary/aromatic N) is 1. The van der Waals surface area contributed by atoms with Crippen LogP contribution in [0.3, 0.4) is 0 Å². The summed E-state index contributed by atoms with van der Waals surface area (Å²) in [5.41, 5.74) is -1.61. The van der Waals surface area contributed by atoms with Crippen molar-refractivity contribution in [3.8, 4) is 0 Å². The van der Waals surface area contributed by atoms with Gasteiger partial charge < -0.3 is 31.3 Å². The van der Waals surface area contributed by atoms with Gasteiger partial charge in [0.05, 0.1) is 22.1 Å². The normalized spacial score (nSPS) is 24.7. The highest BCUT2D eigenvalue weighted by Gasteiger charge is 2.51. The second kappa shape index (κ2) is 17.8. The monoisotopic (exact) mass is 765 g/mol. The zero-order valence-electron chi connectivity index (χ0n) is 33.1. The van der Waals surface area contributed by atoms with E-state index in [0.29, 0.717) is 44.9 Å². The Bertz CT molecular complexity index is 1430. The van der Waals surface area contributed by atoms with Crippen LogP contribution in [-0.4, -0.2) is 101 Å². The number of rotatable bonds is 17. The average molecular weight is 766 g/mol. The Kier molecular flexibility index (Phi) is 14.4. The first-order valence-electron chi connectivity index (χ1n) is 20.3. The predicted octanol–water partition coefficient (Wildman–Crippen LogP) is 3.91. The zero-order chi connectivity index (χ0) is 39.2. The van der Waals surface area contributed by atoms with Crippen molar-refractivity contribution in [1.82, 2.24) is 26.2 Å². The van der Waals surface area contributed by atoms with Crippen LogP contribution in [0.25, 0.3) is 0 Å². The molecule has 0 radical (unpaired) electrons. The minimum atomic E-state index is -3.60. The number of aliphatic hydroxyl groups excluding tert-OH is 1. The molecule has 5 atom stereocenters. The lowest BCUT2D eigenvalue weighted by atomic mass is 9.70. The Morgan fingerprint density at radius 3 is 2.06 bits per heavy atom. The van der Waals surface area contributed by atoms with Gasteiger partial charge >= 0.3 is 6.03 Å². The van der Waals surface area contributed by atoms with Gasteiger partial charge in [-0.2, -0.15) is 0 Å². The van der Waals surface area contributed by atoms with E-state index in [4.69, 9.17) is 0 Å². The van der Waals surface area contributed by atoms with E-state index >= 15 is 0 Å². The summed E-state index contributed by atoms with van der Waals surface area (Å²) in [6.07, 6.45) is 10.9. The number of amides is 5. The number of Topliss-reactive ketones (excluding diaryl/α,β-unsaturated/α-hetero) is 1. The van der Waals surface area contributed by atoms with Crippen LogP contribution in [-0.2, 0) is 29.0 Å². The summed E-state index contributed by atoms with van der Waals surface area (Å²) >= 11 is 0. The fourth-order valence-electron chi connectivity index (χ4n) is 8.66. The van der Waals surface area contributed by atoms with Crippen molar-refractivity contribution in [3.63, 3.8) is 0 Å². The van der Waals surface area contributed by atoms with Gasteiger partial charge in [0, 0.05) is 19.2 Å². The highest BCUT2D eigenvalue weighted by atomic mass is 32.2. The molecule has 14 heteroatoms. The van der Waals surface area contributed by atoms with Crippen LogP contribution in [0.15, 0.2) is 0 Å². The molecule has 1 aliphatic heterocycles. The van der Waals surface area contributed by atoms with E-state index in [9.17, 15) is 37.5 Å². The van der Waals surface area contributed by atoms with Gasteiger partial charge in [-0.3, -0.25) is 19.2 Å². The topological polar surface area (TPSA) is 191 Å². The van der Waals surface area contributed by atoms with Gasteiger partial charge in [0.15, 0.2) is 9.84 Å². The highest BCUT2D eigenvalue weighted by Crippen LogP contribution is 2.42. The highest BCUT2D eigenvalue weighted by molar-refractivity contribution is 7.92. The molecule has 0 aromatic carbocycles. The number of likely N-dealkylation sites (tertiary alicyclic amines) is 1. The fourth-order valence-corrected chi connectivity index (χ4v) is 10.6. The van der Waals surface area contributed by atoms with E-state index in [1.54, 1.807) is 13.8 Å². The number of ketones is 1. The summed E-state index contributed by atoms with van der Waals surface area (Å²) in [5, 5.41) is 21.8. The van der Waals surface area contributed by atoms with Gasteiger partial charge in [0.1, 0.15) is 12.1 Å². The summed E-state index contributed by atoms with van der Waals surface area (Å²) in [7, 11) is -3.60. The summed E-state index contributed by atoms with van der Waals surface area (Å²) in [5.74, 6) is -3.38. The lowest BCUT2D eigenvalue weighted by molar-refractivity contribution is -0.145. The van der Waals surface area contributed by atoms with E-state index in [1.807, 2.05) is 27.7 Å². The third-order valence-corrected chi connectivity index (χ3v) is 15.8. The summed E-state index contributed by atoms with van der Waals surface area (Å²) in [6.45, 7) is 11.0. The maximum atomic E-state index is 14.9. The molecule has 1 saturated heterocycles. The van der Waals surface area contributed by atoms with E-state index in [2.05, 4.69) is 21.3 Å². The number of aliphatic hydroxyl groups is 1. The molecular formula is C39H67N5O8S. The van der Waals surface area contributed by atoms with E-state index in [1.165, 1.54) is 4.90 Å². The Morgan fingerprint density at radius 2 is 1.51 bits per heavy atom. The molecule has 5 N–H and O–H groups in total. The Morgan fingerprint density at radius 1 is 0.906 bits per heavy atom. The standard InChI is InChI=1S/C39H67N5O8S/c1-7-15-29(31(46)34(48)40-27-16-17-27)41-33(47)30-28(26(3)24-45)18-23-44(30)35(49)32(38(6)19-11-9-12-20-38)42-36(50)43-39(21-13-10-14-22-39)25-53(51,52)37(4,5)8-2/h26-30,32,45H,7-25H2,1-6H3,(H,40,48)(H,41,47)(H2,42,43,50)/t26-,28-,29?,30+,32-/m1/s1. The van der Waals surface area contributed by atoms with Crippen LogP contribution in [0.5, 0.6) is 0 Å². The number of nitrogens with one attached hydrogen (secondary N) is 4. The summed E-state index contributed by atoms with van der Waals surface area (Å²) in [6, 6.07) is -3.73. The van der Waals surface area contributed by atoms with Crippen molar-refractivity contribution in [3.05, 3.63) is 0 Å². The minimum absolute atomic E-state index is 0.0227. The number of carbonyl (C=O) groups excluding carboxylic acids is 5. The molecule has 4 aliphatic rings. The molecule has 302 valence electrons. The lowest BCUT2D eigenvalue weighted by Crippen LogP contribution is -2.65. The first kappa shape index (κ1) is 43.0. The predicted molar refractivity (Wildman–Crippen MR) is 203 cm³/mol. The molecule has 0 aromatic heterocycles. The number of carbonyl (C=O) groups is 5. The maximum Gasteiger partial charge on any atom is 0.315 e. The molecule has 13 nitrogen and oxygen atoms in total. The zero-order valence-corrected chi connectivity index (χ0v) is 33.9. The quantitative estimate of drug-likeness (QED) is 0.138. The molecule has 1 unspecified atom stereocenters. The van der Waals surface area contributed by atoms with Crippen LogP contribution in [0, 0.1) is 17.3 Å². The van der Waals surface area contributed by atoms with E-state index in [-0.39, 0.29) is 37.3 Å². The van der Waals surface area contributed by atoms with E-state index < -0.39 is 79.1 Å². The third kappa shape index (κ3) is 10.3. The first-order chi connectivity index (χ1) is 24.9. The largest absolute Gasteiger partial charge is 0.396 e. The number of hydrogen-bond acceptors (Lipinski definition) is 8. The van der Waals surface area contributed by atoms with Gasteiger partial charge in [-0.05, 0) is 88.9 Å². The van der Waals surface area contributed by atoms with Gasteiger partial charge in [-0.15, -0.1) is 0 Å². The summed E-state index contributed by atoms with van der Waals surface area (Å²) in [4.78, 5) is 70.8. The smallest absolute Gasteiger partial charge is 0.315 e. The third-order valence-electron chi connectivity index (χ3n) is 12.9. The molecule has 5 amide bonds. The molecular weight excluding hydrogens is 699 g/mol. The molecule has 1 heterocycles. The second-order valence-electron chi connectivity index (χ2n) is 17.5. The molecule has 53 heavy (non-hydrogen) atoms. The van der Waals surface area contributed by atoms with Gasteiger partial charge in [0.2, 0.25) is 17.6 Å². The van der Waals surface area contributed by atoms with E-state index in [0.717, 1.165) is 51.4 Å². The van der Waals surface area contributed by atoms with Gasteiger partial charge in [-0.1, -0.05) is 72.6 Å². The molecule has 4 fully saturated rings. The van der Waals surface area contributed by atoms with Crippen molar-refractivity contribution in [2.45, 2.75) is 179 Å². The van der Waals surface area contributed by atoms with Crippen LogP contribution >= 0.6 is 0 Å². The van der Waals surface area contributed by atoms with Crippen LogP contribution < -0.4 is 21.3 Å². The van der Waals surface area contributed by atoms with Crippen molar-refractivity contribution < 1.29 is 37.5 Å². The van der Waals surface area contributed by atoms with Crippen molar-refractivity contribution in [2.75, 3.05) is 18.9 Å². The number of urea groups is 1. The SMILES string of the molecule is CCCC(NC(=O)[C@@H]1[C@@H]([C@H](C)CO)CCN1C(=O)[C@@H](NC(=O)NC1(CS(=O)(=O)C(C)(C)CC)CCCCC1)C1(C)CCCCC1)C(=O)C(=O)NC1CC1. The summed E-state index contributed by atoms with van der Waals surface area (Å²) < 4.78 is 26.4. The molecule has 4 rings (SSSR count). The fraction of sp³-hybridized carbons (Fsp3) is 0.872. The molecule has 3 aliphatic carbocycles. The average Bonchev–Trinajstić information content (AvgIpc) is 3.82. The Labute approximate surface area is 317 Å². The van der Waals surface area contributed by atoms with Crippen molar-refractivity contribution in [2.24, 2.45) is 17.3 Å². The lowest BCUT2D eigenvalue weighted by Gasteiger charge is -2.44. The maximum absolute atomic E-state index is 14.9. The van der Waals surface area contributed by atoms with Gasteiger partial charge in [-0.25, -0.2) is 13.2 Å². The Balaban J connectivity index is 1.62. The van der Waals surface area contributed by atoms with Crippen molar-refractivity contribution in [1.29, 1.82) is 0 Å². The second-order valence-corrected chi connectivity index (χ2v) is 20.1. The van der Waals surface area contributed by atoms with Crippen LogP contribution in [0.4, 0.5) is 4.79 Å². The van der Waals surface area contributed by atoms with Crippen LogP contribution in [0.1, 0.15) is 144 Å². The number of sulfone groups is 1. The van der Waals surface area contributed by atoms with Crippen LogP contribution in [0.2, 0.25) is 0 Å². The molecule has 0 spiro atoms. The molecule has 0 bridgehead atoms. The Hall–Kier alpha value is -2.74. The number of hydrogen-bond donors (Lipinski definition) is 5. The molecule has 0 aromatic rings. The molecule has 3 saturated carbocycles.